The third-order valence-corrected chi connectivity index (χ3v) is 4.01. The molecule has 1 aliphatic heterocycles. The molecule has 1 fully saturated rings. The van der Waals surface area contributed by atoms with Gasteiger partial charge in [-0.15, -0.1) is 0 Å². The van der Waals surface area contributed by atoms with Crippen molar-refractivity contribution in [3.63, 3.8) is 0 Å². The SMILES string of the molecule is CCCCNC(=NC)NCC1CCN(c2ccccc2)C1. The summed E-state index contributed by atoms with van der Waals surface area (Å²) in [6.07, 6.45) is 3.64. The molecule has 0 bridgehead atoms. The fourth-order valence-electron chi connectivity index (χ4n) is 2.72. The van der Waals surface area contributed by atoms with E-state index in [1.807, 2.05) is 7.05 Å². The first-order valence-electron chi connectivity index (χ1n) is 8.08. The highest BCUT2D eigenvalue weighted by Crippen LogP contribution is 2.22. The molecule has 4 heteroatoms. The molecule has 0 radical (unpaired) electrons. The van der Waals surface area contributed by atoms with Gasteiger partial charge in [0, 0.05) is 38.9 Å². The lowest BCUT2D eigenvalue weighted by Gasteiger charge is -2.19. The van der Waals surface area contributed by atoms with Crippen LogP contribution < -0.4 is 15.5 Å². The molecule has 0 spiro atoms. The molecule has 21 heavy (non-hydrogen) atoms. The van der Waals surface area contributed by atoms with Crippen molar-refractivity contribution in [1.82, 2.24) is 10.6 Å². The highest BCUT2D eigenvalue weighted by molar-refractivity contribution is 5.79. The molecule has 0 amide bonds. The van der Waals surface area contributed by atoms with Gasteiger partial charge >= 0.3 is 0 Å². The Balaban J connectivity index is 1.72. The van der Waals surface area contributed by atoms with Crippen molar-refractivity contribution in [2.75, 3.05) is 38.1 Å². The summed E-state index contributed by atoms with van der Waals surface area (Å²) in [5.41, 5.74) is 1.34. The van der Waals surface area contributed by atoms with E-state index in [0.717, 1.165) is 32.1 Å². The normalized spacial score (nSPS) is 18.9. The minimum Gasteiger partial charge on any atom is -0.371 e. The number of benzene rings is 1. The predicted octanol–water partition coefficient (Wildman–Crippen LogP) is 2.48. The van der Waals surface area contributed by atoms with Crippen LogP contribution in [0.5, 0.6) is 0 Å². The van der Waals surface area contributed by atoms with Crippen LogP contribution in [0, 0.1) is 5.92 Å². The second-order valence-corrected chi connectivity index (χ2v) is 5.67. The van der Waals surface area contributed by atoms with Crippen LogP contribution in [0.25, 0.3) is 0 Å². The minimum atomic E-state index is 0.690. The Morgan fingerprint density at radius 1 is 1.29 bits per heavy atom. The van der Waals surface area contributed by atoms with Crippen LogP contribution in [0.4, 0.5) is 5.69 Å². The van der Waals surface area contributed by atoms with E-state index in [1.165, 1.54) is 24.9 Å². The number of nitrogens with zero attached hydrogens (tertiary/aromatic N) is 2. The summed E-state index contributed by atoms with van der Waals surface area (Å²) in [6.45, 7) is 6.47. The lowest BCUT2D eigenvalue weighted by Crippen LogP contribution is -2.40. The standard InChI is InChI=1S/C17H28N4/c1-3-4-11-19-17(18-2)20-13-15-10-12-21(14-15)16-8-6-5-7-9-16/h5-9,15H,3-4,10-14H2,1-2H3,(H2,18,19,20). The first kappa shape index (κ1) is 15.7. The van der Waals surface area contributed by atoms with Gasteiger partial charge in [-0.05, 0) is 30.9 Å². The number of rotatable bonds is 6. The van der Waals surface area contributed by atoms with Crippen molar-refractivity contribution >= 4 is 11.6 Å². The lowest BCUT2D eigenvalue weighted by molar-refractivity contribution is 0.565. The van der Waals surface area contributed by atoms with Gasteiger partial charge < -0.3 is 15.5 Å². The molecule has 1 atom stereocenters. The third kappa shape index (κ3) is 4.96. The smallest absolute Gasteiger partial charge is 0.190 e. The number of hydrogen-bond donors (Lipinski definition) is 2. The average Bonchev–Trinajstić information content (AvgIpc) is 3.00. The van der Waals surface area contributed by atoms with Crippen molar-refractivity contribution in [3.05, 3.63) is 30.3 Å². The van der Waals surface area contributed by atoms with Crippen LogP contribution >= 0.6 is 0 Å². The number of hydrogen-bond acceptors (Lipinski definition) is 2. The highest BCUT2D eigenvalue weighted by Gasteiger charge is 2.22. The van der Waals surface area contributed by atoms with Gasteiger partial charge in [-0.3, -0.25) is 4.99 Å². The molecule has 2 rings (SSSR count). The number of nitrogens with one attached hydrogen (secondary N) is 2. The van der Waals surface area contributed by atoms with Crippen molar-refractivity contribution in [2.24, 2.45) is 10.9 Å². The summed E-state index contributed by atoms with van der Waals surface area (Å²) in [5, 5.41) is 6.82. The number of unbranched alkanes of at least 4 members (excludes halogenated alkanes) is 1. The van der Waals surface area contributed by atoms with Gasteiger partial charge in [-0.1, -0.05) is 31.5 Å². The van der Waals surface area contributed by atoms with Crippen LogP contribution in [0.15, 0.2) is 35.3 Å². The maximum atomic E-state index is 4.28. The van der Waals surface area contributed by atoms with Crippen molar-refractivity contribution in [2.45, 2.75) is 26.2 Å². The molecule has 1 aromatic rings. The quantitative estimate of drug-likeness (QED) is 0.480. The Labute approximate surface area is 128 Å². The van der Waals surface area contributed by atoms with Crippen LogP contribution in [-0.2, 0) is 0 Å². The zero-order chi connectivity index (χ0) is 14.9. The van der Waals surface area contributed by atoms with E-state index in [4.69, 9.17) is 0 Å². The zero-order valence-corrected chi connectivity index (χ0v) is 13.3. The van der Waals surface area contributed by atoms with E-state index >= 15 is 0 Å². The van der Waals surface area contributed by atoms with Gasteiger partial charge in [0.15, 0.2) is 5.96 Å². The van der Waals surface area contributed by atoms with E-state index < -0.39 is 0 Å². The molecule has 1 aliphatic rings. The first-order valence-corrected chi connectivity index (χ1v) is 8.08. The highest BCUT2D eigenvalue weighted by atomic mass is 15.2. The molecule has 0 aromatic heterocycles. The zero-order valence-electron chi connectivity index (χ0n) is 13.3. The molecular formula is C17H28N4. The molecule has 0 saturated carbocycles. The molecule has 1 unspecified atom stereocenters. The van der Waals surface area contributed by atoms with Crippen LogP contribution in [0.3, 0.4) is 0 Å². The largest absolute Gasteiger partial charge is 0.371 e. The Hall–Kier alpha value is -1.71. The summed E-state index contributed by atoms with van der Waals surface area (Å²) in [7, 11) is 1.84. The van der Waals surface area contributed by atoms with Gasteiger partial charge in [0.1, 0.15) is 0 Å². The summed E-state index contributed by atoms with van der Waals surface area (Å²) >= 11 is 0. The topological polar surface area (TPSA) is 39.7 Å². The molecule has 1 heterocycles. The fourth-order valence-corrected chi connectivity index (χ4v) is 2.72. The number of para-hydroxylation sites is 1. The second-order valence-electron chi connectivity index (χ2n) is 5.67. The summed E-state index contributed by atoms with van der Waals surface area (Å²) < 4.78 is 0. The molecule has 1 aromatic carbocycles. The predicted molar refractivity (Wildman–Crippen MR) is 91.0 cm³/mol. The van der Waals surface area contributed by atoms with Gasteiger partial charge in [-0.25, -0.2) is 0 Å². The van der Waals surface area contributed by atoms with Crippen LogP contribution in [-0.4, -0.2) is 39.2 Å². The average molecular weight is 288 g/mol. The Morgan fingerprint density at radius 3 is 2.81 bits per heavy atom. The molecule has 4 nitrogen and oxygen atoms in total. The Bertz CT molecular complexity index is 430. The van der Waals surface area contributed by atoms with Crippen LogP contribution in [0.2, 0.25) is 0 Å². The van der Waals surface area contributed by atoms with Crippen molar-refractivity contribution in [1.29, 1.82) is 0 Å². The van der Waals surface area contributed by atoms with Crippen LogP contribution in [0.1, 0.15) is 26.2 Å². The Morgan fingerprint density at radius 2 is 2.10 bits per heavy atom. The fraction of sp³-hybridized carbons (Fsp3) is 0.588. The van der Waals surface area contributed by atoms with Gasteiger partial charge in [0.25, 0.3) is 0 Å². The van der Waals surface area contributed by atoms with E-state index in [1.54, 1.807) is 0 Å². The maximum Gasteiger partial charge on any atom is 0.190 e. The lowest BCUT2D eigenvalue weighted by atomic mass is 10.1. The Kier molecular flexibility index (Phi) is 6.38. The molecule has 2 N–H and O–H groups in total. The van der Waals surface area contributed by atoms with Gasteiger partial charge in [0.2, 0.25) is 0 Å². The van der Waals surface area contributed by atoms with E-state index in [0.29, 0.717) is 5.92 Å². The van der Waals surface area contributed by atoms with Crippen molar-refractivity contribution in [3.8, 4) is 0 Å². The molecule has 116 valence electrons. The van der Waals surface area contributed by atoms with E-state index in [9.17, 15) is 0 Å². The van der Waals surface area contributed by atoms with Gasteiger partial charge in [0.05, 0.1) is 0 Å². The number of aliphatic imine (C=N–C) groups is 1. The summed E-state index contributed by atoms with van der Waals surface area (Å²) in [6, 6.07) is 10.7. The third-order valence-electron chi connectivity index (χ3n) is 4.01. The summed E-state index contributed by atoms with van der Waals surface area (Å²) in [4.78, 5) is 6.75. The van der Waals surface area contributed by atoms with Crippen molar-refractivity contribution < 1.29 is 0 Å². The van der Waals surface area contributed by atoms with E-state index in [-0.39, 0.29) is 0 Å². The minimum absolute atomic E-state index is 0.690. The molecule has 1 saturated heterocycles. The van der Waals surface area contributed by atoms with E-state index in [2.05, 4.69) is 57.8 Å². The number of guanidine groups is 1. The second kappa shape index (κ2) is 8.55. The van der Waals surface area contributed by atoms with Gasteiger partial charge in [-0.2, -0.15) is 0 Å². The number of anilines is 1. The first-order chi connectivity index (χ1) is 10.3. The molecule has 0 aliphatic carbocycles. The monoisotopic (exact) mass is 288 g/mol. The summed E-state index contributed by atoms with van der Waals surface area (Å²) in [5.74, 6) is 1.62. The maximum absolute atomic E-state index is 4.28. The molecular weight excluding hydrogens is 260 g/mol.